The number of hydrogen-bond donors (Lipinski definition) is 1. The van der Waals surface area contributed by atoms with Gasteiger partial charge in [0.2, 0.25) is 0 Å². The summed E-state index contributed by atoms with van der Waals surface area (Å²) >= 11 is 0. The van der Waals surface area contributed by atoms with E-state index in [9.17, 15) is 9.18 Å². The van der Waals surface area contributed by atoms with E-state index in [1.54, 1.807) is 19.1 Å². The van der Waals surface area contributed by atoms with Crippen molar-refractivity contribution >= 4 is 5.78 Å². The molecule has 0 aliphatic rings. The van der Waals surface area contributed by atoms with Crippen molar-refractivity contribution in [3.8, 4) is 0 Å². The summed E-state index contributed by atoms with van der Waals surface area (Å²) in [7, 11) is 0. The van der Waals surface area contributed by atoms with Gasteiger partial charge in [0.15, 0.2) is 0 Å². The highest BCUT2D eigenvalue weighted by Gasteiger charge is 2.14. The molecule has 0 saturated carbocycles. The minimum Gasteiger partial charge on any atom is -0.396 e. The first-order valence-electron chi connectivity index (χ1n) is 7.31. The van der Waals surface area contributed by atoms with Gasteiger partial charge in [0.1, 0.15) is 12.1 Å². The lowest BCUT2D eigenvalue weighted by molar-refractivity contribution is 0.298. The molecule has 1 aromatic carbocycles. The van der Waals surface area contributed by atoms with Crippen LogP contribution in [-0.2, 0) is 13.0 Å². The Hall–Kier alpha value is -2.54. The van der Waals surface area contributed by atoms with E-state index >= 15 is 0 Å². The van der Waals surface area contributed by atoms with Gasteiger partial charge in [0.05, 0.1) is 12.2 Å². The molecule has 6 nitrogen and oxygen atoms in total. The summed E-state index contributed by atoms with van der Waals surface area (Å²) in [5.74, 6) is -0.0663. The summed E-state index contributed by atoms with van der Waals surface area (Å²) in [5.41, 5.74) is 2.12. The number of aryl methyl sites for hydroxylation is 2. The van der Waals surface area contributed by atoms with Gasteiger partial charge in [-0.2, -0.15) is 9.50 Å². The van der Waals surface area contributed by atoms with Gasteiger partial charge < -0.3 is 5.11 Å². The molecule has 0 radical (unpaired) electrons. The Morgan fingerprint density at radius 2 is 2.09 bits per heavy atom. The molecule has 120 valence electrons. The summed E-state index contributed by atoms with van der Waals surface area (Å²) in [6.07, 6.45) is 1.69. The molecular formula is C16H17FN4O2. The van der Waals surface area contributed by atoms with Crippen molar-refractivity contribution in [2.45, 2.75) is 26.8 Å². The van der Waals surface area contributed by atoms with Gasteiger partial charge in [-0.3, -0.25) is 9.48 Å². The molecule has 0 spiro atoms. The van der Waals surface area contributed by atoms with Gasteiger partial charge in [-0.05, 0) is 19.9 Å². The molecule has 0 unspecified atom stereocenters. The average molecular weight is 316 g/mol. The molecule has 3 aromatic rings. The van der Waals surface area contributed by atoms with Gasteiger partial charge in [0, 0.05) is 24.2 Å². The third-order valence-corrected chi connectivity index (χ3v) is 3.80. The molecule has 1 N–H and O–H groups in total. The van der Waals surface area contributed by atoms with E-state index in [4.69, 9.17) is 5.11 Å². The van der Waals surface area contributed by atoms with Crippen LogP contribution >= 0.6 is 0 Å². The molecule has 0 bridgehead atoms. The average Bonchev–Trinajstić information content (AvgIpc) is 2.90. The van der Waals surface area contributed by atoms with Gasteiger partial charge in [-0.15, -0.1) is 0 Å². The van der Waals surface area contributed by atoms with E-state index in [-0.39, 0.29) is 36.7 Å². The molecule has 7 heteroatoms. The standard InChI is InChI=1S/C16H17FN4O2/c1-10-3-4-14(17)12(7-10)8-20-9-18-16-19-11(2)13(5-6-22)15(23)21(16)20/h3-4,7,9,22H,5-6,8H2,1-2H3. The highest BCUT2D eigenvalue weighted by molar-refractivity contribution is 5.32. The largest absolute Gasteiger partial charge is 0.396 e. The molecule has 0 aliphatic carbocycles. The number of aliphatic hydroxyl groups is 1. The first kappa shape index (κ1) is 15.4. The summed E-state index contributed by atoms with van der Waals surface area (Å²) in [4.78, 5) is 21.0. The molecule has 0 amide bonds. The second kappa shape index (κ2) is 5.92. The predicted octanol–water partition coefficient (Wildman–Crippen LogP) is 1.23. The zero-order valence-corrected chi connectivity index (χ0v) is 13.0. The lowest BCUT2D eigenvalue weighted by atomic mass is 10.1. The number of nitrogens with zero attached hydrogens (tertiary/aromatic N) is 4. The molecule has 0 saturated heterocycles. The minimum atomic E-state index is -0.332. The van der Waals surface area contributed by atoms with Crippen LogP contribution in [0, 0.1) is 19.7 Å². The van der Waals surface area contributed by atoms with E-state index in [0.29, 0.717) is 16.8 Å². The van der Waals surface area contributed by atoms with E-state index in [2.05, 4.69) is 9.97 Å². The van der Waals surface area contributed by atoms with Crippen LogP contribution in [0.4, 0.5) is 4.39 Å². The van der Waals surface area contributed by atoms with Gasteiger partial charge in [-0.1, -0.05) is 17.7 Å². The fourth-order valence-electron chi connectivity index (χ4n) is 2.63. The minimum absolute atomic E-state index is 0.134. The Morgan fingerprint density at radius 1 is 1.30 bits per heavy atom. The number of halogens is 1. The van der Waals surface area contributed by atoms with Crippen molar-refractivity contribution in [3.63, 3.8) is 0 Å². The zero-order valence-electron chi connectivity index (χ0n) is 13.0. The van der Waals surface area contributed by atoms with Crippen LogP contribution in [0.25, 0.3) is 5.78 Å². The van der Waals surface area contributed by atoms with Crippen LogP contribution in [0.1, 0.15) is 22.4 Å². The quantitative estimate of drug-likeness (QED) is 0.786. The second-order valence-corrected chi connectivity index (χ2v) is 5.50. The fraction of sp³-hybridized carbons (Fsp3) is 0.312. The van der Waals surface area contributed by atoms with E-state index in [0.717, 1.165) is 5.56 Å². The lowest BCUT2D eigenvalue weighted by Crippen LogP contribution is -2.27. The van der Waals surface area contributed by atoms with Crippen LogP contribution in [0.5, 0.6) is 0 Å². The number of fused-ring (bicyclic) bond motifs is 1. The van der Waals surface area contributed by atoms with Gasteiger partial charge >= 0.3 is 0 Å². The van der Waals surface area contributed by atoms with E-state index in [1.807, 2.05) is 6.92 Å². The highest BCUT2D eigenvalue weighted by Crippen LogP contribution is 2.12. The molecule has 0 aliphatic heterocycles. The van der Waals surface area contributed by atoms with Gasteiger partial charge in [0.25, 0.3) is 11.3 Å². The molecule has 0 atom stereocenters. The predicted molar refractivity (Wildman–Crippen MR) is 83.0 cm³/mol. The highest BCUT2D eigenvalue weighted by atomic mass is 19.1. The number of hydrogen-bond acceptors (Lipinski definition) is 4. The first-order chi connectivity index (χ1) is 11.0. The molecular weight excluding hydrogens is 299 g/mol. The summed E-state index contributed by atoms with van der Waals surface area (Å²) in [6, 6.07) is 4.84. The van der Waals surface area contributed by atoms with E-state index < -0.39 is 0 Å². The summed E-state index contributed by atoms with van der Waals surface area (Å²) in [6.45, 7) is 3.63. The molecule has 23 heavy (non-hydrogen) atoms. The SMILES string of the molecule is Cc1ccc(F)c(Cn2cnc3nc(C)c(CCO)c(=O)n32)c1. The van der Waals surface area contributed by atoms with Crippen LogP contribution < -0.4 is 5.56 Å². The van der Waals surface area contributed by atoms with Crippen LogP contribution in [0.3, 0.4) is 0 Å². The van der Waals surface area contributed by atoms with Crippen molar-refractivity contribution in [1.82, 2.24) is 19.2 Å². The Kier molecular flexibility index (Phi) is 3.96. The zero-order chi connectivity index (χ0) is 16.6. The topological polar surface area (TPSA) is 72.4 Å². The third kappa shape index (κ3) is 2.75. The Morgan fingerprint density at radius 3 is 2.83 bits per heavy atom. The number of aliphatic hydroxyl groups excluding tert-OH is 1. The first-order valence-corrected chi connectivity index (χ1v) is 7.31. The summed E-state index contributed by atoms with van der Waals surface area (Å²) in [5, 5.41) is 9.11. The summed E-state index contributed by atoms with van der Waals surface area (Å²) < 4.78 is 16.8. The fourth-order valence-corrected chi connectivity index (χ4v) is 2.63. The Labute approximate surface area is 131 Å². The van der Waals surface area contributed by atoms with Crippen molar-refractivity contribution in [2.24, 2.45) is 0 Å². The molecule has 3 rings (SSSR count). The number of aromatic nitrogens is 4. The number of benzene rings is 1. The smallest absolute Gasteiger partial charge is 0.277 e. The van der Waals surface area contributed by atoms with Crippen molar-refractivity contribution in [2.75, 3.05) is 6.61 Å². The van der Waals surface area contributed by atoms with Crippen molar-refractivity contribution in [1.29, 1.82) is 0 Å². The van der Waals surface area contributed by atoms with Crippen LogP contribution in [0.2, 0.25) is 0 Å². The maximum absolute atomic E-state index is 14.0. The van der Waals surface area contributed by atoms with Crippen LogP contribution in [0.15, 0.2) is 29.3 Å². The van der Waals surface area contributed by atoms with Crippen molar-refractivity contribution < 1.29 is 9.50 Å². The third-order valence-electron chi connectivity index (χ3n) is 3.80. The monoisotopic (exact) mass is 316 g/mol. The lowest BCUT2D eigenvalue weighted by Gasteiger charge is -2.09. The normalized spacial score (nSPS) is 11.3. The van der Waals surface area contributed by atoms with Gasteiger partial charge in [-0.25, -0.2) is 9.37 Å². The van der Waals surface area contributed by atoms with Crippen molar-refractivity contribution in [3.05, 3.63) is 63.1 Å². The Bertz CT molecular complexity index is 930. The van der Waals surface area contributed by atoms with E-state index in [1.165, 1.54) is 21.6 Å². The second-order valence-electron chi connectivity index (χ2n) is 5.50. The molecule has 0 fully saturated rings. The number of rotatable bonds is 4. The molecule has 2 aromatic heterocycles. The van der Waals surface area contributed by atoms with Crippen LogP contribution in [-0.4, -0.2) is 30.9 Å². The maximum Gasteiger partial charge on any atom is 0.277 e. The maximum atomic E-state index is 14.0. The Balaban J connectivity index is 2.13. The molecule has 2 heterocycles.